The van der Waals surface area contributed by atoms with Crippen LogP contribution in [0.15, 0.2) is 65.7 Å². The van der Waals surface area contributed by atoms with Crippen LogP contribution in [0.5, 0.6) is 0 Å². The summed E-state index contributed by atoms with van der Waals surface area (Å²) in [6.07, 6.45) is -4.99. The van der Waals surface area contributed by atoms with Crippen molar-refractivity contribution >= 4 is 23.0 Å². The minimum atomic E-state index is -4.99. The van der Waals surface area contributed by atoms with Crippen LogP contribution in [0, 0.1) is 0 Å². The van der Waals surface area contributed by atoms with E-state index in [1.807, 2.05) is 4.72 Å². The number of carboxylic acid groups (broad SMARTS) is 1. The van der Waals surface area contributed by atoms with Crippen LogP contribution in [0.25, 0.3) is 0 Å². The Morgan fingerprint density at radius 3 is 1.77 bits per heavy atom. The fourth-order valence-electron chi connectivity index (χ4n) is 2.52. The molecule has 2 rings (SSSR count). The normalized spacial score (nSPS) is 15.2. The van der Waals surface area contributed by atoms with Gasteiger partial charge in [0.2, 0.25) is 0 Å². The van der Waals surface area contributed by atoms with Gasteiger partial charge in [0.1, 0.15) is 4.75 Å². The van der Waals surface area contributed by atoms with Crippen molar-refractivity contribution in [2.75, 3.05) is 0 Å². The van der Waals surface area contributed by atoms with Crippen LogP contribution >= 0.6 is 0 Å². The third kappa shape index (κ3) is 6.32. The Kier molecular flexibility index (Phi) is 7.68. The zero-order chi connectivity index (χ0) is 22.5. The smallest absolute Gasteiger partial charge is 0.410 e. The van der Waals surface area contributed by atoms with E-state index in [1.54, 1.807) is 60.7 Å². The number of aliphatic imine (C=N–C) groups is 1. The molecule has 2 aromatic rings. The van der Waals surface area contributed by atoms with Gasteiger partial charge in [-0.05, 0) is 20.8 Å². The molecule has 162 valence electrons. The zero-order valence-corrected chi connectivity index (χ0v) is 17.5. The number of aliphatic carboxylic acids is 1. The first-order valence-electron chi connectivity index (χ1n) is 9.07. The monoisotopic (exact) mass is 440 g/mol. The average Bonchev–Trinajstić information content (AvgIpc) is 2.67. The first-order chi connectivity index (χ1) is 13.9. The topological polar surface area (TPSA) is 84.8 Å². The minimum Gasteiger partial charge on any atom is -0.598 e. The van der Waals surface area contributed by atoms with Gasteiger partial charge < -0.3 is 9.66 Å². The molecule has 0 saturated heterocycles. The number of nitrogens with one attached hydrogen (secondary N) is 1. The first-order valence-corrected chi connectivity index (χ1v) is 10.2. The van der Waals surface area contributed by atoms with Gasteiger partial charge in [-0.15, -0.1) is 4.72 Å². The van der Waals surface area contributed by atoms with Gasteiger partial charge in [0.25, 0.3) is 0 Å². The highest BCUT2D eigenvalue weighted by Gasteiger charge is 2.52. The molecule has 3 atom stereocenters. The second-order valence-corrected chi connectivity index (χ2v) is 9.51. The molecule has 0 saturated carbocycles. The lowest BCUT2D eigenvalue weighted by Gasteiger charge is -2.30. The number of carbonyl (C=O) groups is 1. The maximum atomic E-state index is 13.8. The summed E-state index contributed by atoms with van der Waals surface area (Å²) >= 11 is -2.16. The maximum Gasteiger partial charge on any atom is 0.410 e. The summed E-state index contributed by atoms with van der Waals surface area (Å²) in [5.41, 5.74) is 1.03. The van der Waals surface area contributed by atoms with Crippen LogP contribution in [-0.4, -0.2) is 44.3 Å². The molecule has 30 heavy (non-hydrogen) atoms. The molecule has 0 bridgehead atoms. The molecule has 2 N–H and O–H groups in total. The van der Waals surface area contributed by atoms with Crippen molar-refractivity contribution < 1.29 is 27.6 Å². The van der Waals surface area contributed by atoms with E-state index in [-0.39, 0.29) is 5.71 Å². The Morgan fingerprint density at radius 2 is 1.43 bits per heavy atom. The number of carboxylic acids is 1. The van der Waals surface area contributed by atoms with Gasteiger partial charge in [-0.1, -0.05) is 60.7 Å². The van der Waals surface area contributed by atoms with E-state index in [2.05, 4.69) is 4.99 Å². The van der Waals surface area contributed by atoms with Crippen molar-refractivity contribution in [3.63, 3.8) is 0 Å². The summed E-state index contributed by atoms with van der Waals surface area (Å²) in [6, 6.07) is 11.8. The van der Waals surface area contributed by atoms with Gasteiger partial charge in [0, 0.05) is 22.5 Å². The fourth-order valence-corrected chi connectivity index (χ4v) is 3.37. The van der Waals surface area contributed by atoms with E-state index in [4.69, 9.17) is 0 Å². The lowest BCUT2D eigenvalue weighted by Crippen LogP contribution is -2.57. The molecular formula is C21H23F3N2O3S. The quantitative estimate of drug-likeness (QED) is 0.504. The number of hydrogen-bond donors (Lipinski definition) is 2. The summed E-state index contributed by atoms with van der Waals surface area (Å²) in [6.45, 7) is 4.46. The van der Waals surface area contributed by atoms with Gasteiger partial charge in [-0.25, -0.2) is 4.79 Å². The first kappa shape index (κ1) is 23.9. The summed E-state index contributed by atoms with van der Waals surface area (Å²) in [5.74, 6) is -1.78. The standard InChI is InChI=1S/C21H23F3N2O3S/c1-20(2,3)30(29)26-18(21(22,23)24)17(19(27)28)25-16(14-10-6-4-7-11-14)15-12-8-5-9-13-15/h4-13,17-18,26H,1-3H3,(H,27,28)/t17?,18?,30-/m0/s1. The van der Waals surface area contributed by atoms with Crippen LogP contribution in [-0.2, 0) is 16.2 Å². The number of rotatable bonds is 7. The third-order valence-electron chi connectivity index (χ3n) is 4.07. The van der Waals surface area contributed by atoms with Gasteiger partial charge in [0.05, 0.1) is 5.71 Å². The number of alkyl halides is 3. The molecule has 0 aromatic heterocycles. The molecule has 5 nitrogen and oxygen atoms in total. The van der Waals surface area contributed by atoms with Gasteiger partial charge in [0.15, 0.2) is 12.1 Å². The van der Waals surface area contributed by atoms with Crippen LogP contribution in [0.4, 0.5) is 13.2 Å². The van der Waals surface area contributed by atoms with E-state index in [0.29, 0.717) is 11.1 Å². The highest BCUT2D eigenvalue weighted by atomic mass is 32.2. The Hall–Kier alpha value is -2.36. The van der Waals surface area contributed by atoms with E-state index in [9.17, 15) is 27.6 Å². The lowest BCUT2D eigenvalue weighted by molar-refractivity contribution is -0.167. The van der Waals surface area contributed by atoms with Crippen molar-refractivity contribution in [1.29, 1.82) is 0 Å². The van der Waals surface area contributed by atoms with E-state index >= 15 is 0 Å². The molecule has 0 aliphatic carbocycles. The lowest BCUT2D eigenvalue weighted by atomic mass is 10.0. The number of benzene rings is 2. The molecule has 2 aromatic carbocycles. The summed E-state index contributed by atoms with van der Waals surface area (Å²) in [7, 11) is 0. The maximum absolute atomic E-state index is 13.8. The summed E-state index contributed by atoms with van der Waals surface area (Å²) < 4.78 is 54.7. The molecule has 2 unspecified atom stereocenters. The van der Waals surface area contributed by atoms with E-state index < -0.39 is 40.3 Å². The Bertz CT molecular complexity index is 827. The second-order valence-electron chi connectivity index (χ2n) is 7.51. The highest BCUT2D eigenvalue weighted by molar-refractivity contribution is 7.90. The predicted molar refractivity (Wildman–Crippen MR) is 111 cm³/mol. The van der Waals surface area contributed by atoms with Crippen molar-refractivity contribution in [1.82, 2.24) is 4.72 Å². The van der Waals surface area contributed by atoms with Gasteiger partial charge in [-0.2, -0.15) is 13.2 Å². The molecule has 9 heteroatoms. The molecule has 0 aliphatic heterocycles. The fraction of sp³-hybridized carbons (Fsp3) is 0.333. The van der Waals surface area contributed by atoms with Crippen LogP contribution < -0.4 is 4.72 Å². The highest BCUT2D eigenvalue weighted by Crippen LogP contribution is 2.28. The van der Waals surface area contributed by atoms with Crippen molar-refractivity contribution in [2.45, 2.75) is 43.8 Å². The third-order valence-corrected chi connectivity index (χ3v) is 5.65. The van der Waals surface area contributed by atoms with E-state index in [0.717, 1.165) is 0 Å². The Balaban J connectivity index is 2.60. The van der Waals surface area contributed by atoms with Crippen LogP contribution in [0.3, 0.4) is 0 Å². The molecule has 0 heterocycles. The number of nitrogens with zero attached hydrogens (tertiary/aromatic N) is 1. The van der Waals surface area contributed by atoms with Gasteiger partial charge in [-0.3, -0.25) is 4.99 Å². The van der Waals surface area contributed by atoms with Gasteiger partial charge >= 0.3 is 12.1 Å². The number of hydrogen-bond acceptors (Lipinski definition) is 4. The van der Waals surface area contributed by atoms with Crippen molar-refractivity contribution in [3.8, 4) is 0 Å². The minimum absolute atomic E-state index is 0.0983. The molecular weight excluding hydrogens is 417 g/mol. The molecule has 0 fully saturated rings. The summed E-state index contributed by atoms with van der Waals surface area (Å²) in [5, 5.41) is 9.62. The van der Waals surface area contributed by atoms with E-state index in [1.165, 1.54) is 20.8 Å². The van der Waals surface area contributed by atoms with Crippen LogP contribution in [0.1, 0.15) is 31.9 Å². The largest absolute Gasteiger partial charge is 0.598 e. The Morgan fingerprint density at radius 1 is 1.00 bits per heavy atom. The SMILES string of the molecule is CC(C)(C)[S@+]([O-])NC(C(N=C(c1ccccc1)c1ccccc1)C(=O)O)C(F)(F)F. The van der Waals surface area contributed by atoms with Crippen molar-refractivity contribution in [3.05, 3.63) is 71.8 Å². The molecule has 0 spiro atoms. The second kappa shape index (κ2) is 9.63. The molecule has 0 amide bonds. The zero-order valence-electron chi connectivity index (χ0n) is 16.7. The number of halogens is 3. The predicted octanol–water partition coefficient (Wildman–Crippen LogP) is 3.96. The van der Waals surface area contributed by atoms with Crippen molar-refractivity contribution in [2.24, 2.45) is 4.99 Å². The Labute approximate surface area is 176 Å². The average molecular weight is 440 g/mol. The summed E-state index contributed by atoms with van der Waals surface area (Å²) in [4.78, 5) is 15.9. The molecule has 0 radical (unpaired) electrons. The molecule has 0 aliphatic rings. The van der Waals surface area contributed by atoms with Crippen LogP contribution in [0.2, 0.25) is 0 Å².